The van der Waals surface area contributed by atoms with E-state index < -0.39 is 0 Å². The smallest absolute Gasteiger partial charge is 0.320 e. The van der Waals surface area contributed by atoms with Crippen molar-refractivity contribution < 1.29 is 8.91 Å². The number of benzene rings is 1. The SMILES string of the molecule is Cc1ccc(-c2noc(Cl)n2)cc1F. The lowest BCUT2D eigenvalue weighted by molar-refractivity contribution is 0.421. The minimum atomic E-state index is -0.302. The molecule has 1 heterocycles. The molecular weight excluding hydrogens is 207 g/mol. The highest BCUT2D eigenvalue weighted by Crippen LogP contribution is 2.19. The molecule has 5 heteroatoms. The first-order valence-electron chi connectivity index (χ1n) is 3.92. The summed E-state index contributed by atoms with van der Waals surface area (Å²) in [4.78, 5) is 3.77. The van der Waals surface area contributed by atoms with Crippen molar-refractivity contribution >= 4 is 11.6 Å². The summed E-state index contributed by atoms with van der Waals surface area (Å²) in [7, 11) is 0. The molecule has 3 nitrogen and oxygen atoms in total. The molecule has 0 unspecified atom stereocenters. The molecule has 1 aromatic heterocycles. The summed E-state index contributed by atoms with van der Waals surface area (Å²) in [5.74, 6) is -0.0164. The van der Waals surface area contributed by atoms with E-state index in [4.69, 9.17) is 11.6 Å². The Hall–Kier alpha value is -1.42. The maximum absolute atomic E-state index is 13.2. The molecule has 0 radical (unpaired) electrons. The summed E-state index contributed by atoms with van der Waals surface area (Å²) >= 11 is 5.45. The van der Waals surface area contributed by atoms with Crippen molar-refractivity contribution in [3.63, 3.8) is 0 Å². The summed E-state index contributed by atoms with van der Waals surface area (Å²) in [5.41, 5.74) is 1.12. The van der Waals surface area contributed by atoms with Crippen LogP contribution in [-0.4, -0.2) is 10.1 Å². The number of aromatic nitrogens is 2. The molecule has 1 aromatic carbocycles. The second-order valence-corrected chi connectivity index (χ2v) is 3.16. The van der Waals surface area contributed by atoms with Gasteiger partial charge in [-0.3, -0.25) is 0 Å². The number of nitrogens with zero attached hydrogens (tertiary/aromatic N) is 2. The van der Waals surface area contributed by atoms with Gasteiger partial charge in [-0.15, -0.1) is 0 Å². The van der Waals surface area contributed by atoms with Gasteiger partial charge in [0.05, 0.1) is 0 Å². The first-order chi connectivity index (χ1) is 6.66. The molecule has 0 amide bonds. The second-order valence-electron chi connectivity index (χ2n) is 2.83. The number of aryl methyl sites for hydroxylation is 1. The summed E-state index contributed by atoms with van der Waals surface area (Å²) < 4.78 is 17.7. The van der Waals surface area contributed by atoms with Gasteiger partial charge in [-0.25, -0.2) is 4.39 Å². The predicted octanol–water partition coefficient (Wildman–Crippen LogP) is 2.84. The van der Waals surface area contributed by atoms with Crippen molar-refractivity contribution in [2.24, 2.45) is 0 Å². The maximum Gasteiger partial charge on any atom is 0.320 e. The van der Waals surface area contributed by atoms with Crippen molar-refractivity contribution in [2.45, 2.75) is 6.92 Å². The van der Waals surface area contributed by atoms with Crippen LogP contribution in [-0.2, 0) is 0 Å². The molecule has 0 fully saturated rings. The van der Waals surface area contributed by atoms with Crippen LogP contribution in [0.25, 0.3) is 11.4 Å². The van der Waals surface area contributed by atoms with Gasteiger partial charge in [-0.2, -0.15) is 4.98 Å². The van der Waals surface area contributed by atoms with Crippen molar-refractivity contribution in [1.29, 1.82) is 0 Å². The van der Waals surface area contributed by atoms with Crippen molar-refractivity contribution in [3.8, 4) is 11.4 Å². The largest absolute Gasteiger partial charge is 0.321 e. The molecule has 0 aliphatic rings. The monoisotopic (exact) mass is 212 g/mol. The van der Waals surface area contributed by atoms with Gasteiger partial charge in [0.25, 0.3) is 0 Å². The van der Waals surface area contributed by atoms with E-state index in [-0.39, 0.29) is 17.0 Å². The first kappa shape index (κ1) is 9.15. The van der Waals surface area contributed by atoms with Gasteiger partial charge in [0, 0.05) is 5.56 Å². The molecule has 0 atom stereocenters. The fraction of sp³-hybridized carbons (Fsp3) is 0.111. The summed E-state index contributed by atoms with van der Waals surface area (Å²) in [6.07, 6.45) is 0. The van der Waals surface area contributed by atoms with Gasteiger partial charge < -0.3 is 4.52 Å². The second kappa shape index (κ2) is 3.38. The molecule has 2 rings (SSSR count). The summed E-state index contributed by atoms with van der Waals surface area (Å²) in [6, 6.07) is 4.70. The number of rotatable bonds is 1. The molecular formula is C9H6ClFN2O. The Bertz CT molecular complexity index is 470. The average Bonchev–Trinajstić information content (AvgIpc) is 2.57. The maximum atomic E-state index is 13.2. The fourth-order valence-corrected chi connectivity index (χ4v) is 1.17. The Morgan fingerprint density at radius 2 is 2.21 bits per heavy atom. The van der Waals surface area contributed by atoms with Gasteiger partial charge in [0.1, 0.15) is 5.82 Å². The topological polar surface area (TPSA) is 38.9 Å². The van der Waals surface area contributed by atoms with Crippen LogP contribution in [0.15, 0.2) is 22.7 Å². The van der Waals surface area contributed by atoms with Gasteiger partial charge in [0.15, 0.2) is 0 Å². The van der Waals surface area contributed by atoms with Crippen LogP contribution >= 0.6 is 11.6 Å². The van der Waals surface area contributed by atoms with E-state index in [1.807, 2.05) is 0 Å². The molecule has 0 saturated heterocycles. The van der Waals surface area contributed by atoms with Gasteiger partial charge in [-0.05, 0) is 30.2 Å². The van der Waals surface area contributed by atoms with Crippen molar-refractivity contribution in [2.75, 3.05) is 0 Å². The molecule has 0 aliphatic heterocycles. The van der Waals surface area contributed by atoms with E-state index in [1.165, 1.54) is 6.07 Å². The first-order valence-corrected chi connectivity index (χ1v) is 4.30. The third kappa shape index (κ3) is 1.61. The zero-order valence-electron chi connectivity index (χ0n) is 7.29. The van der Waals surface area contributed by atoms with Crippen molar-refractivity contribution in [3.05, 3.63) is 34.9 Å². The zero-order valence-corrected chi connectivity index (χ0v) is 8.05. The van der Waals surface area contributed by atoms with Crippen LogP contribution in [0.3, 0.4) is 0 Å². The van der Waals surface area contributed by atoms with E-state index in [1.54, 1.807) is 19.1 Å². The van der Waals surface area contributed by atoms with Gasteiger partial charge in [0.2, 0.25) is 5.82 Å². The fourth-order valence-electron chi connectivity index (χ4n) is 1.05. The Balaban J connectivity index is 2.47. The van der Waals surface area contributed by atoms with E-state index in [0.717, 1.165) is 0 Å². The minimum Gasteiger partial charge on any atom is -0.321 e. The lowest BCUT2D eigenvalue weighted by Gasteiger charge is -1.97. The third-order valence-corrected chi connectivity index (χ3v) is 1.98. The molecule has 0 bridgehead atoms. The molecule has 0 spiro atoms. The highest BCUT2D eigenvalue weighted by molar-refractivity contribution is 6.27. The van der Waals surface area contributed by atoms with E-state index in [2.05, 4.69) is 14.7 Å². The number of hydrogen-bond acceptors (Lipinski definition) is 3. The molecule has 14 heavy (non-hydrogen) atoms. The van der Waals surface area contributed by atoms with E-state index >= 15 is 0 Å². The highest BCUT2D eigenvalue weighted by Gasteiger charge is 2.08. The quantitative estimate of drug-likeness (QED) is 0.730. The lowest BCUT2D eigenvalue weighted by Crippen LogP contribution is -1.85. The molecule has 0 aliphatic carbocycles. The predicted molar refractivity (Wildman–Crippen MR) is 49.4 cm³/mol. The van der Waals surface area contributed by atoms with Crippen molar-refractivity contribution in [1.82, 2.24) is 10.1 Å². The Kier molecular flexibility index (Phi) is 2.21. The highest BCUT2D eigenvalue weighted by atomic mass is 35.5. The minimum absolute atomic E-state index is 0.0546. The van der Waals surface area contributed by atoms with Crippen LogP contribution in [0.2, 0.25) is 5.35 Å². The summed E-state index contributed by atoms with van der Waals surface area (Å²) in [5, 5.41) is 3.52. The molecule has 0 saturated carbocycles. The Morgan fingerprint density at radius 1 is 1.43 bits per heavy atom. The average molecular weight is 213 g/mol. The normalized spacial score (nSPS) is 10.5. The Labute approximate surface area is 84.5 Å². The molecule has 72 valence electrons. The molecule has 2 aromatic rings. The van der Waals surface area contributed by atoms with Crippen LogP contribution in [0.5, 0.6) is 0 Å². The van der Waals surface area contributed by atoms with Crippen LogP contribution in [0.1, 0.15) is 5.56 Å². The summed E-state index contributed by atoms with van der Waals surface area (Å²) in [6.45, 7) is 1.68. The van der Waals surface area contributed by atoms with E-state index in [0.29, 0.717) is 11.1 Å². The van der Waals surface area contributed by atoms with E-state index in [9.17, 15) is 4.39 Å². The molecule has 0 N–H and O–H groups in total. The lowest BCUT2D eigenvalue weighted by atomic mass is 10.1. The van der Waals surface area contributed by atoms with Gasteiger partial charge in [-0.1, -0.05) is 17.3 Å². The standard InChI is InChI=1S/C9H6ClFN2O/c1-5-2-3-6(4-7(5)11)8-12-9(10)14-13-8/h2-4H,1H3. The number of hydrogen-bond donors (Lipinski definition) is 0. The van der Waals surface area contributed by atoms with Gasteiger partial charge >= 0.3 is 5.35 Å². The van der Waals surface area contributed by atoms with Crippen LogP contribution in [0, 0.1) is 12.7 Å². The Morgan fingerprint density at radius 3 is 2.79 bits per heavy atom. The number of halogens is 2. The van der Waals surface area contributed by atoms with Crippen LogP contribution < -0.4 is 0 Å². The zero-order chi connectivity index (χ0) is 10.1. The van der Waals surface area contributed by atoms with Crippen LogP contribution in [0.4, 0.5) is 4.39 Å². The third-order valence-electron chi connectivity index (χ3n) is 1.83.